The van der Waals surface area contributed by atoms with Crippen molar-refractivity contribution in [2.45, 2.75) is 39.0 Å². The Morgan fingerprint density at radius 2 is 2.20 bits per heavy atom. The number of carbonyl (C=O) groups is 1. The molecular weight excluding hydrogens is 278 g/mol. The standard InChI is InChI=1S/C14H20ClN3O2/c1-2-20-13(19)11-9-17-14(15)18-12(11)16-8-10-6-4-3-5-7-10/h9-10H,2-8H2,1H3,(H,16,17,18). The minimum absolute atomic E-state index is 0.129. The molecule has 20 heavy (non-hydrogen) atoms. The second-order valence-electron chi connectivity index (χ2n) is 5.01. The average molecular weight is 298 g/mol. The van der Waals surface area contributed by atoms with Gasteiger partial charge in [0.05, 0.1) is 6.61 Å². The molecule has 0 amide bonds. The Hall–Kier alpha value is -1.36. The minimum Gasteiger partial charge on any atom is -0.462 e. The molecular formula is C14H20ClN3O2. The molecule has 0 saturated heterocycles. The van der Waals surface area contributed by atoms with Crippen LogP contribution >= 0.6 is 11.6 Å². The first-order chi connectivity index (χ1) is 9.70. The molecule has 0 unspecified atom stereocenters. The minimum atomic E-state index is -0.421. The molecule has 0 aromatic carbocycles. The van der Waals surface area contributed by atoms with E-state index in [1.165, 1.54) is 38.3 Å². The summed E-state index contributed by atoms with van der Waals surface area (Å²) in [6, 6.07) is 0. The molecule has 1 aromatic heterocycles. The van der Waals surface area contributed by atoms with Gasteiger partial charge in [-0.3, -0.25) is 0 Å². The second-order valence-corrected chi connectivity index (χ2v) is 5.34. The topological polar surface area (TPSA) is 64.1 Å². The van der Waals surface area contributed by atoms with E-state index < -0.39 is 5.97 Å². The molecule has 1 saturated carbocycles. The van der Waals surface area contributed by atoms with E-state index in [0.29, 0.717) is 23.9 Å². The number of ether oxygens (including phenoxy) is 1. The zero-order chi connectivity index (χ0) is 14.4. The number of anilines is 1. The molecule has 1 N–H and O–H groups in total. The van der Waals surface area contributed by atoms with Crippen molar-refractivity contribution in [1.29, 1.82) is 0 Å². The van der Waals surface area contributed by atoms with Gasteiger partial charge in [0.15, 0.2) is 0 Å². The highest BCUT2D eigenvalue weighted by molar-refractivity contribution is 6.28. The summed E-state index contributed by atoms with van der Waals surface area (Å²) < 4.78 is 5.00. The molecule has 110 valence electrons. The SMILES string of the molecule is CCOC(=O)c1cnc(Cl)nc1NCC1CCCCC1. The molecule has 0 aliphatic heterocycles. The summed E-state index contributed by atoms with van der Waals surface area (Å²) in [5.41, 5.74) is 0.340. The van der Waals surface area contributed by atoms with Gasteiger partial charge >= 0.3 is 5.97 Å². The third kappa shape index (κ3) is 4.07. The summed E-state index contributed by atoms with van der Waals surface area (Å²) >= 11 is 5.81. The van der Waals surface area contributed by atoms with E-state index >= 15 is 0 Å². The first-order valence-electron chi connectivity index (χ1n) is 7.14. The third-order valence-electron chi connectivity index (χ3n) is 3.54. The number of nitrogens with zero attached hydrogens (tertiary/aromatic N) is 2. The molecule has 2 rings (SSSR count). The predicted molar refractivity (Wildman–Crippen MR) is 78.1 cm³/mol. The number of carbonyl (C=O) groups excluding carboxylic acids is 1. The molecule has 1 aliphatic carbocycles. The molecule has 0 spiro atoms. The van der Waals surface area contributed by atoms with Crippen LogP contribution in [0.5, 0.6) is 0 Å². The Labute approximate surface area is 124 Å². The smallest absolute Gasteiger partial charge is 0.343 e. The van der Waals surface area contributed by atoms with E-state index in [1.54, 1.807) is 6.92 Å². The fourth-order valence-electron chi connectivity index (χ4n) is 2.49. The van der Waals surface area contributed by atoms with Gasteiger partial charge in [-0.1, -0.05) is 19.3 Å². The lowest BCUT2D eigenvalue weighted by Crippen LogP contribution is -2.20. The zero-order valence-electron chi connectivity index (χ0n) is 11.7. The highest BCUT2D eigenvalue weighted by Gasteiger charge is 2.18. The number of rotatable bonds is 5. The molecule has 1 heterocycles. The number of hydrogen-bond acceptors (Lipinski definition) is 5. The van der Waals surface area contributed by atoms with Crippen molar-refractivity contribution in [1.82, 2.24) is 9.97 Å². The van der Waals surface area contributed by atoms with Gasteiger partial charge < -0.3 is 10.1 Å². The average Bonchev–Trinajstić information content (AvgIpc) is 2.46. The van der Waals surface area contributed by atoms with Crippen molar-refractivity contribution in [2.75, 3.05) is 18.5 Å². The fraction of sp³-hybridized carbons (Fsp3) is 0.643. The molecule has 0 radical (unpaired) electrons. The molecule has 0 bridgehead atoms. The fourth-order valence-corrected chi connectivity index (χ4v) is 2.62. The molecule has 0 atom stereocenters. The van der Waals surface area contributed by atoms with Crippen LogP contribution < -0.4 is 5.32 Å². The molecule has 5 nitrogen and oxygen atoms in total. The van der Waals surface area contributed by atoms with Crippen LogP contribution in [0, 0.1) is 5.92 Å². The van der Waals surface area contributed by atoms with Crippen LogP contribution in [0.25, 0.3) is 0 Å². The largest absolute Gasteiger partial charge is 0.462 e. The van der Waals surface area contributed by atoms with Crippen LogP contribution in [-0.4, -0.2) is 29.1 Å². The normalized spacial score (nSPS) is 15.9. The summed E-state index contributed by atoms with van der Waals surface area (Å²) in [5.74, 6) is 0.678. The Kier molecular flexibility index (Phi) is 5.59. The van der Waals surface area contributed by atoms with Gasteiger partial charge in [0.25, 0.3) is 0 Å². The predicted octanol–water partition coefficient (Wildman–Crippen LogP) is 3.30. The van der Waals surface area contributed by atoms with E-state index in [9.17, 15) is 4.79 Å². The summed E-state index contributed by atoms with van der Waals surface area (Å²) in [6.45, 7) is 2.90. The number of halogens is 1. The monoisotopic (exact) mass is 297 g/mol. The summed E-state index contributed by atoms with van der Waals surface area (Å²) in [5, 5.41) is 3.36. The Morgan fingerprint density at radius 1 is 1.45 bits per heavy atom. The van der Waals surface area contributed by atoms with E-state index in [-0.39, 0.29) is 5.28 Å². The Bertz CT molecular complexity index is 462. The highest BCUT2D eigenvalue weighted by Crippen LogP contribution is 2.24. The van der Waals surface area contributed by atoms with Crippen molar-refractivity contribution in [2.24, 2.45) is 5.92 Å². The van der Waals surface area contributed by atoms with Crippen molar-refractivity contribution in [3.05, 3.63) is 17.0 Å². The van der Waals surface area contributed by atoms with Gasteiger partial charge in [0.2, 0.25) is 5.28 Å². The van der Waals surface area contributed by atoms with E-state index in [4.69, 9.17) is 16.3 Å². The highest BCUT2D eigenvalue weighted by atomic mass is 35.5. The summed E-state index contributed by atoms with van der Waals surface area (Å²) in [4.78, 5) is 19.8. The van der Waals surface area contributed by atoms with Gasteiger partial charge in [-0.25, -0.2) is 9.78 Å². The summed E-state index contributed by atoms with van der Waals surface area (Å²) in [7, 11) is 0. The lowest BCUT2D eigenvalue weighted by Gasteiger charge is -2.22. The number of esters is 1. The van der Waals surface area contributed by atoms with Crippen LogP contribution in [0.1, 0.15) is 49.4 Å². The Balaban J connectivity index is 2.04. The number of nitrogens with one attached hydrogen (secondary N) is 1. The zero-order valence-corrected chi connectivity index (χ0v) is 12.4. The van der Waals surface area contributed by atoms with E-state index in [1.807, 2.05) is 0 Å². The van der Waals surface area contributed by atoms with Crippen LogP contribution in [0.4, 0.5) is 5.82 Å². The van der Waals surface area contributed by atoms with Crippen molar-refractivity contribution < 1.29 is 9.53 Å². The van der Waals surface area contributed by atoms with Crippen LogP contribution in [0.15, 0.2) is 6.20 Å². The number of aromatic nitrogens is 2. The molecule has 1 aliphatic rings. The van der Waals surface area contributed by atoms with Crippen LogP contribution in [0.2, 0.25) is 5.28 Å². The van der Waals surface area contributed by atoms with Gasteiger partial charge in [-0.2, -0.15) is 4.98 Å². The van der Waals surface area contributed by atoms with Gasteiger partial charge in [0.1, 0.15) is 11.4 Å². The maximum absolute atomic E-state index is 11.8. The molecule has 1 aromatic rings. The quantitative estimate of drug-likeness (QED) is 0.667. The lowest BCUT2D eigenvalue weighted by molar-refractivity contribution is 0.0526. The maximum atomic E-state index is 11.8. The van der Waals surface area contributed by atoms with Crippen molar-refractivity contribution in [3.63, 3.8) is 0 Å². The van der Waals surface area contributed by atoms with E-state index in [0.717, 1.165) is 6.54 Å². The Morgan fingerprint density at radius 3 is 2.90 bits per heavy atom. The lowest BCUT2D eigenvalue weighted by atomic mass is 9.89. The molecule has 6 heteroatoms. The van der Waals surface area contributed by atoms with Crippen LogP contribution in [0.3, 0.4) is 0 Å². The summed E-state index contributed by atoms with van der Waals surface area (Å²) in [6.07, 6.45) is 7.74. The number of hydrogen-bond donors (Lipinski definition) is 1. The first kappa shape index (κ1) is 15.0. The maximum Gasteiger partial charge on any atom is 0.343 e. The van der Waals surface area contributed by atoms with Crippen LogP contribution in [-0.2, 0) is 4.74 Å². The third-order valence-corrected chi connectivity index (χ3v) is 3.72. The van der Waals surface area contributed by atoms with E-state index in [2.05, 4.69) is 15.3 Å². The van der Waals surface area contributed by atoms with Crippen molar-refractivity contribution >= 4 is 23.4 Å². The van der Waals surface area contributed by atoms with Crippen molar-refractivity contribution in [3.8, 4) is 0 Å². The van der Waals surface area contributed by atoms with Gasteiger partial charge in [0, 0.05) is 12.7 Å². The van der Waals surface area contributed by atoms with Gasteiger partial charge in [-0.15, -0.1) is 0 Å². The van der Waals surface area contributed by atoms with Gasteiger partial charge in [-0.05, 0) is 37.3 Å². The molecule has 1 fully saturated rings. The second kappa shape index (κ2) is 7.43. The first-order valence-corrected chi connectivity index (χ1v) is 7.52.